The fraction of sp³-hybridized carbons (Fsp3) is 0.308. The number of nitrogens with zero attached hydrogens (tertiary/aromatic N) is 2. The van der Waals surface area contributed by atoms with Crippen molar-refractivity contribution in [2.75, 3.05) is 31.5 Å². The van der Waals surface area contributed by atoms with Crippen LogP contribution in [0, 0.1) is 5.82 Å². The second-order valence-corrected chi connectivity index (χ2v) is 4.40. The van der Waals surface area contributed by atoms with Gasteiger partial charge in [0.25, 0.3) is 0 Å². The van der Waals surface area contributed by atoms with Gasteiger partial charge in [0.15, 0.2) is 0 Å². The molecule has 6 nitrogen and oxygen atoms in total. The number of hydrogen-bond donors (Lipinski definition) is 1. The molecular weight excluding hydrogens is 265 g/mol. The average molecular weight is 279 g/mol. The molecule has 0 radical (unpaired) electrons. The van der Waals surface area contributed by atoms with E-state index < -0.39 is 17.6 Å². The Labute approximate surface area is 115 Å². The highest BCUT2D eigenvalue weighted by molar-refractivity contribution is 6.39. The Kier molecular flexibility index (Phi) is 4.29. The number of carbonyl (C=O) groups excluding carboxylic acids is 3. The second kappa shape index (κ2) is 6.14. The van der Waals surface area contributed by atoms with Crippen LogP contribution in [0.1, 0.15) is 0 Å². The Morgan fingerprint density at radius 2 is 1.90 bits per heavy atom. The Bertz CT molecular complexity index is 527. The first-order valence-corrected chi connectivity index (χ1v) is 6.15. The summed E-state index contributed by atoms with van der Waals surface area (Å²) in [6.07, 6.45) is 0.717. The molecule has 1 fully saturated rings. The molecular formula is C13H14FN3O3. The van der Waals surface area contributed by atoms with Gasteiger partial charge >= 0.3 is 11.8 Å². The van der Waals surface area contributed by atoms with Crippen molar-refractivity contribution in [3.05, 3.63) is 30.1 Å². The normalized spacial score (nSPS) is 14.8. The smallest absolute Gasteiger partial charge is 0.313 e. The van der Waals surface area contributed by atoms with Crippen LogP contribution < -0.4 is 5.32 Å². The maximum atomic E-state index is 13.0. The summed E-state index contributed by atoms with van der Waals surface area (Å²) >= 11 is 0. The van der Waals surface area contributed by atoms with Gasteiger partial charge in [0.1, 0.15) is 5.82 Å². The van der Waals surface area contributed by atoms with Gasteiger partial charge in [-0.05, 0) is 18.2 Å². The quantitative estimate of drug-likeness (QED) is 0.615. The van der Waals surface area contributed by atoms with Gasteiger partial charge in [-0.15, -0.1) is 0 Å². The van der Waals surface area contributed by atoms with E-state index in [4.69, 9.17) is 0 Å². The topological polar surface area (TPSA) is 69.7 Å². The molecule has 0 unspecified atom stereocenters. The molecule has 7 heteroatoms. The highest BCUT2D eigenvalue weighted by atomic mass is 19.1. The van der Waals surface area contributed by atoms with Crippen molar-refractivity contribution in [3.63, 3.8) is 0 Å². The van der Waals surface area contributed by atoms with Gasteiger partial charge < -0.3 is 15.1 Å². The molecule has 1 aliphatic heterocycles. The number of amides is 3. The van der Waals surface area contributed by atoms with Crippen molar-refractivity contribution in [1.82, 2.24) is 9.80 Å². The van der Waals surface area contributed by atoms with E-state index >= 15 is 0 Å². The fourth-order valence-electron chi connectivity index (χ4n) is 1.92. The molecule has 1 aromatic rings. The Morgan fingerprint density at radius 1 is 1.20 bits per heavy atom. The lowest BCUT2D eigenvalue weighted by Crippen LogP contribution is -2.51. The lowest BCUT2D eigenvalue weighted by molar-refractivity contribution is -0.144. The first-order chi connectivity index (χ1) is 9.60. The van der Waals surface area contributed by atoms with Gasteiger partial charge in [0.2, 0.25) is 6.41 Å². The average Bonchev–Trinajstić information content (AvgIpc) is 2.46. The highest BCUT2D eigenvalue weighted by Gasteiger charge is 2.25. The Balaban J connectivity index is 1.92. The molecule has 2 rings (SSSR count). The van der Waals surface area contributed by atoms with E-state index in [-0.39, 0.29) is 5.69 Å². The van der Waals surface area contributed by atoms with Gasteiger partial charge in [-0.2, -0.15) is 0 Å². The number of anilines is 1. The molecule has 1 heterocycles. The molecule has 1 aromatic carbocycles. The zero-order chi connectivity index (χ0) is 14.5. The second-order valence-electron chi connectivity index (χ2n) is 4.40. The number of hydrogen-bond acceptors (Lipinski definition) is 3. The first-order valence-electron chi connectivity index (χ1n) is 6.15. The van der Waals surface area contributed by atoms with Crippen molar-refractivity contribution in [2.45, 2.75) is 0 Å². The molecule has 1 N–H and O–H groups in total. The van der Waals surface area contributed by atoms with Crippen LogP contribution in [-0.2, 0) is 14.4 Å². The van der Waals surface area contributed by atoms with Gasteiger partial charge in [-0.3, -0.25) is 14.4 Å². The third-order valence-electron chi connectivity index (χ3n) is 3.03. The molecule has 1 aliphatic rings. The van der Waals surface area contributed by atoms with Gasteiger partial charge in [-0.25, -0.2) is 4.39 Å². The zero-order valence-electron chi connectivity index (χ0n) is 10.7. The standard InChI is InChI=1S/C13H14FN3O3/c14-10-2-1-3-11(8-10)15-12(19)13(20)17-6-4-16(9-18)5-7-17/h1-3,8-9H,4-7H2,(H,15,19). The lowest BCUT2D eigenvalue weighted by atomic mass is 10.3. The maximum Gasteiger partial charge on any atom is 0.313 e. The Morgan fingerprint density at radius 3 is 2.50 bits per heavy atom. The summed E-state index contributed by atoms with van der Waals surface area (Å²) in [4.78, 5) is 37.1. The van der Waals surface area contributed by atoms with Crippen LogP contribution in [0.25, 0.3) is 0 Å². The SMILES string of the molecule is O=CN1CCN(C(=O)C(=O)Nc2cccc(F)c2)CC1. The number of rotatable bonds is 2. The lowest BCUT2D eigenvalue weighted by Gasteiger charge is -2.31. The molecule has 0 aliphatic carbocycles. The summed E-state index contributed by atoms with van der Waals surface area (Å²) in [6, 6.07) is 5.32. The predicted molar refractivity (Wildman–Crippen MR) is 69.2 cm³/mol. The molecule has 0 spiro atoms. The molecule has 0 saturated carbocycles. The fourth-order valence-corrected chi connectivity index (χ4v) is 1.92. The van der Waals surface area contributed by atoms with E-state index in [1.54, 1.807) is 0 Å². The zero-order valence-corrected chi connectivity index (χ0v) is 10.7. The molecule has 0 aromatic heterocycles. The minimum Gasteiger partial charge on any atom is -0.342 e. The van der Waals surface area contributed by atoms with Gasteiger partial charge in [0.05, 0.1) is 0 Å². The first kappa shape index (κ1) is 14.0. The minimum absolute atomic E-state index is 0.231. The summed E-state index contributed by atoms with van der Waals surface area (Å²) < 4.78 is 13.0. The van der Waals surface area contributed by atoms with Crippen LogP contribution >= 0.6 is 0 Å². The van der Waals surface area contributed by atoms with Crippen molar-refractivity contribution >= 4 is 23.9 Å². The maximum absolute atomic E-state index is 13.0. The third kappa shape index (κ3) is 3.31. The van der Waals surface area contributed by atoms with E-state index in [0.29, 0.717) is 32.6 Å². The van der Waals surface area contributed by atoms with Crippen LogP contribution in [-0.4, -0.2) is 54.2 Å². The van der Waals surface area contributed by atoms with Crippen LogP contribution in [0.2, 0.25) is 0 Å². The van der Waals surface area contributed by atoms with Crippen molar-refractivity contribution in [2.24, 2.45) is 0 Å². The van der Waals surface area contributed by atoms with Gasteiger partial charge in [0, 0.05) is 31.9 Å². The molecule has 1 saturated heterocycles. The monoisotopic (exact) mass is 279 g/mol. The number of halogens is 1. The molecule has 0 bridgehead atoms. The molecule has 3 amide bonds. The van der Waals surface area contributed by atoms with Crippen LogP contribution in [0.5, 0.6) is 0 Å². The summed E-state index contributed by atoms with van der Waals surface area (Å²) in [5.41, 5.74) is 0.231. The number of carbonyl (C=O) groups is 3. The van der Waals surface area contributed by atoms with E-state index in [2.05, 4.69) is 5.32 Å². The van der Waals surface area contributed by atoms with Crippen LogP contribution in [0.3, 0.4) is 0 Å². The van der Waals surface area contributed by atoms with Crippen molar-refractivity contribution < 1.29 is 18.8 Å². The van der Waals surface area contributed by atoms with Crippen molar-refractivity contribution in [1.29, 1.82) is 0 Å². The Hall–Kier alpha value is -2.44. The summed E-state index contributed by atoms with van der Waals surface area (Å²) in [5, 5.41) is 2.35. The summed E-state index contributed by atoms with van der Waals surface area (Å²) in [7, 11) is 0. The molecule has 20 heavy (non-hydrogen) atoms. The van der Waals surface area contributed by atoms with Crippen LogP contribution in [0.15, 0.2) is 24.3 Å². The molecule has 106 valence electrons. The summed E-state index contributed by atoms with van der Waals surface area (Å²) in [5.74, 6) is -1.98. The highest BCUT2D eigenvalue weighted by Crippen LogP contribution is 2.09. The van der Waals surface area contributed by atoms with E-state index in [9.17, 15) is 18.8 Å². The summed E-state index contributed by atoms with van der Waals surface area (Å²) in [6.45, 7) is 1.44. The molecule has 0 atom stereocenters. The minimum atomic E-state index is -0.810. The van der Waals surface area contributed by atoms with Crippen LogP contribution in [0.4, 0.5) is 10.1 Å². The van der Waals surface area contributed by atoms with E-state index in [1.165, 1.54) is 28.0 Å². The number of nitrogens with one attached hydrogen (secondary N) is 1. The predicted octanol–water partition coefficient (Wildman–Crippen LogP) is 0.0648. The third-order valence-corrected chi connectivity index (χ3v) is 3.03. The number of piperazine rings is 1. The van der Waals surface area contributed by atoms with E-state index in [0.717, 1.165) is 6.07 Å². The largest absolute Gasteiger partial charge is 0.342 e. The van der Waals surface area contributed by atoms with Gasteiger partial charge in [-0.1, -0.05) is 6.07 Å². The number of benzene rings is 1. The van der Waals surface area contributed by atoms with Crippen molar-refractivity contribution in [3.8, 4) is 0 Å². The van der Waals surface area contributed by atoms with E-state index in [1.807, 2.05) is 0 Å².